The highest BCUT2D eigenvalue weighted by atomic mass is 32.2. The molecule has 1 aliphatic rings. The Morgan fingerprint density at radius 3 is 2.54 bits per heavy atom. The monoisotopic (exact) mass is 205 g/mol. The Morgan fingerprint density at radius 2 is 2.15 bits per heavy atom. The van der Waals surface area contributed by atoms with E-state index in [-0.39, 0.29) is 11.7 Å². The van der Waals surface area contributed by atoms with E-state index in [1.165, 1.54) is 4.90 Å². The highest BCUT2D eigenvalue weighted by molar-refractivity contribution is 7.94. The van der Waals surface area contributed by atoms with Crippen LogP contribution >= 0.6 is 0 Å². The van der Waals surface area contributed by atoms with Gasteiger partial charge in [0.25, 0.3) is 0 Å². The zero-order chi connectivity index (χ0) is 10.1. The number of amides is 1. The number of carbonyl (C=O) groups is 1. The molecular weight excluding hydrogens is 194 g/mol. The first-order valence-electron chi connectivity index (χ1n) is 3.77. The van der Waals surface area contributed by atoms with Crippen molar-refractivity contribution in [1.82, 2.24) is 4.90 Å². The van der Waals surface area contributed by atoms with Gasteiger partial charge in [0.05, 0.1) is 5.75 Å². The number of sulfone groups is 1. The molecule has 0 aromatic rings. The summed E-state index contributed by atoms with van der Waals surface area (Å²) in [5, 5.41) is 9.38. The predicted molar refractivity (Wildman–Crippen MR) is 47.1 cm³/mol. The lowest BCUT2D eigenvalue weighted by atomic mass is 10.0. The summed E-state index contributed by atoms with van der Waals surface area (Å²) in [4.78, 5) is 11.5. The molecule has 74 valence electrons. The van der Waals surface area contributed by atoms with Gasteiger partial charge in [-0.1, -0.05) is 6.58 Å². The van der Waals surface area contributed by atoms with Gasteiger partial charge in [-0.3, -0.25) is 0 Å². The maximum absolute atomic E-state index is 11.0. The molecule has 1 fully saturated rings. The molecule has 0 spiro atoms. The van der Waals surface area contributed by atoms with E-state index in [4.69, 9.17) is 5.11 Å². The lowest BCUT2D eigenvalue weighted by molar-refractivity contribution is 0.0895. The van der Waals surface area contributed by atoms with E-state index in [0.717, 1.165) is 5.41 Å². The average molecular weight is 205 g/mol. The molecule has 0 radical (unpaired) electrons. The van der Waals surface area contributed by atoms with Gasteiger partial charge in [-0.2, -0.15) is 0 Å². The first-order valence-corrected chi connectivity index (χ1v) is 5.49. The Bertz CT molecular complexity index is 315. The average Bonchev–Trinajstić information content (AvgIpc) is 1.95. The van der Waals surface area contributed by atoms with E-state index >= 15 is 0 Å². The lowest BCUT2D eigenvalue weighted by Crippen LogP contribution is -2.51. The molecule has 0 bridgehead atoms. The molecule has 1 amide bonds. The maximum Gasteiger partial charge on any atom is 0.407 e. The molecule has 1 aliphatic heterocycles. The smallest absolute Gasteiger partial charge is 0.407 e. The first kappa shape index (κ1) is 10.0. The van der Waals surface area contributed by atoms with Crippen LogP contribution in [0, 0.1) is 5.92 Å². The van der Waals surface area contributed by atoms with Crippen molar-refractivity contribution in [2.75, 3.05) is 18.8 Å². The summed E-state index contributed by atoms with van der Waals surface area (Å²) >= 11 is 0. The minimum atomic E-state index is -3.18. The number of rotatable bonds is 3. The van der Waals surface area contributed by atoms with Crippen LogP contribution in [0.3, 0.4) is 0 Å². The van der Waals surface area contributed by atoms with Crippen molar-refractivity contribution in [3.05, 3.63) is 12.0 Å². The van der Waals surface area contributed by atoms with Gasteiger partial charge in [0, 0.05) is 24.4 Å². The van der Waals surface area contributed by atoms with Crippen molar-refractivity contribution >= 4 is 15.9 Å². The lowest BCUT2D eigenvalue weighted by Gasteiger charge is -2.36. The van der Waals surface area contributed by atoms with E-state index in [1.807, 2.05) is 0 Å². The molecule has 0 atom stereocenters. The Morgan fingerprint density at radius 1 is 1.62 bits per heavy atom. The highest BCUT2D eigenvalue weighted by Gasteiger charge is 2.32. The number of hydrogen-bond donors (Lipinski definition) is 1. The Labute approximate surface area is 76.6 Å². The molecule has 1 rings (SSSR count). The molecule has 0 saturated carbocycles. The molecule has 0 aromatic heterocycles. The van der Waals surface area contributed by atoms with Gasteiger partial charge in [0.15, 0.2) is 9.84 Å². The van der Waals surface area contributed by atoms with Crippen LogP contribution in [0.5, 0.6) is 0 Å². The molecule has 0 aliphatic carbocycles. The standard InChI is InChI=1S/C7H11NO4S/c1-2-13(11,12)5-6-3-8(4-6)7(9)10/h2,6H,1,3-5H2,(H,9,10). The van der Waals surface area contributed by atoms with Gasteiger partial charge in [-0.15, -0.1) is 0 Å². The van der Waals surface area contributed by atoms with Gasteiger partial charge < -0.3 is 10.0 Å². The fraction of sp³-hybridized carbons (Fsp3) is 0.571. The van der Waals surface area contributed by atoms with E-state index in [9.17, 15) is 13.2 Å². The van der Waals surface area contributed by atoms with Crippen LogP contribution in [-0.4, -0.2) is 43.4 Å². The molecule has 0 aromatic carbocycles. The molecule has 5 nitrogen and oxygen atoms in total. The van der Waals surface area contributed by atoms with Crippen LogP contribution in [-0.2, 0) is 9.84 Å². The molecule has 0 unspecified atom stereocenters. The van der Waals surface area contributed by atoms with Crippen molar-refractivity contribution in [1.29, 1.82) is 0 Å². The molecule has 1 heterocycles. The van der Waals surface area contributed by atoms with Gasteiger partial charge in [-0.05, 0) is 0 Å². The summed E-state index contributed by atoms with van der Waals surface area (Å²) in [6.07, 6.45) is -0.993. The van der Waals surface area contributed by atoms with Gasteiger partial charge in [0.2, 0.25) is 0 Å². The minimum Gasteiger partial charge on any atom is -0.465 e. The number of carboxylic acid groups (broad SMARTS) is 1. The van der Waals surface area contributed by atoms with Crippen LogP contribution in [0.15, 0.2) is 12.0 Å². The van der Waals surface area contributed by atoms with Gasteiger partial charge >= 0.3 is 6.09 Å². The SMILES string of the molecule is C=CS(=O)(=O)CC1CN(C(=O)O)C1. The summed E-state index contributed by atoms with van der Waals surface area (Å²) in [7, 11) is -3.18. The third kappa shape index (κ3) is 2.45. The summed E-state index contributed by atoms with van der Waals surface area (Å²) in [5.74, 6) is -0.0700. The van der Waals surface area contributed by atoms with E-state index in [0.29, 0.717) is 13.1 Å². The van der Waals surface area contributed by atoms with E-state index in [2.05, 4.69) is 6.58 Å². The Kier molecular flexibility index (Phi) is 2.60. The van der Waals surface area contributed by atoms with Crippen molar-refractivity contribution in [3.63, 3.8) is 0 Å². The second-order valence-electron chi connectivity index (χ2n) is 3.05. The van der Waals surface area contributed by atoms with Crippen LogP contribution in [0.25, 0.3) is 0 Å². The highest BCUT2D eigenvalue weighted by Crippen LogP contribution is 2.17. The Balaban J connectivity index is 2.38. The maximum atomic E-state index is 11.0. The second-order valence-corrected chi connectivity index (χ2v) is 5.04. The fourth-order valence-corrected chi connectivity index (χ4v) is 2.23. The van der Waals surface area contributed by atoms with Gasteiger partial charge in [-0.25, -0.2) is 13.2 Å². The van der Waals surface area contributed by atoms with Crippen LogP contribution < -0.4 is 0 Å². The van der Waals surface area contributed by atoms with Crippen LogP contribution in [0.1, 0.15) is 0 Å². The molecule has 1 N–H and O–H groups in total. The number of likely N-dealkylation sites (tertiary alicyclic amines) is 1. The van der Waals surface area contributed by atoms with Crippen molar-refractivity contribution in [3.8, 4) is 0 Å². The third-order valence-electron chi connectivity index (χ3n) is 1.95. The van der Waals surface area contributed by atoms with E-state index in [1.54, 1.807) is 0 Å². The number of nitrogens with zero attached hydrogens (tertiary/aromatic N) is 1. The topological polar surface area (TPSA) is 74.7 Å². The van der Waals surface area contributed by atoms with Crippen LogP contribution in [0.4, 0.5) is 4.79 Å². The zero-order valence-electron chi connectivity index (χ0n) is 7.01. The van der Waals surface area contributed by atoms with Crippen molar-refractivity contribution in [2.45, 2.75) is 0 Å². The predicted octanol–water partition coefficient (Wildman–Crippen LogP) is 0.155. The normalized spacial score (nSPS) is 18.0. The largest absolute Gasteiger partial charge is 0.465 e. The Hall–Kier alpha value is -1.04. The summed E-state index contributed by atoms with van der Waals surface area (Å²) in [5.41, 5.74) is 0. The zero-order valence-corrected chi connectivity index (χ0v) is 7.83. The van der Waals surface area contributed by atoms with Crippen LogP contribution in [0.2, 0.25) is 0 Å². The quantitative estimate of drug-likeness (QED) is 0.712. The fourth-order valence-electron chi connectivity index (χ4n) is 1.23. The van der Waals surface area contributed by atoms with E-state index < -0.39 is 15.9 Å². The van der Waals surface area contributed by atoms with Crippen molar-refractivity contribution < 1.29 is 18.3 Å². The van der Waals surface area contributed by atoms with Crippen molar-refractivity contribution in [2.24, 2.45) is 5.92 Å². The molecule has 6 heteroatoms. The second kappa shape index (κ2) is 3.37. The summed E-state index contributed by atoms with van der Waals surface area (Å²) in [6, 6.07) is 0. The summed E-state index contributed by atoms with van der Waals surface area (Å²) < 4.78 is 22.0. The van der Waals surface area contributed by atoms with Gasteiger partial charge in [0.1, 0.15) is 0 Å². The minimum absolute atomic E-state index is 0.000278. The number of hydrogen-bond acceptors (Lipinski definition) is 3. The molecule has 13 heavy (non-hydrogen) atoms. The summed E-state index contributed by atoms with van der Waals surface area (Å²) in [6.45, 7) is 3.80. The third-order valence-corrected chi connectivity index (χ3v) is 3.39. The molecular formula is C7H11NO4S. The first-order chi connectivity index (χ1) is 5.94. The molecule has 1 saturated heterocycles.